The van der Waals surface area contributed by atoms with Gasteiger partial charge in [0, 0.05) is 6.21 Å². The normalized spacial score (nSPS) is 20.6. The van der Waals surface area contributed by atoms with Crippen molar-refractivity contribution in [3.63, 3.8) is 0 Å². The van der Waals surface area contributed by atoms with Crippen LogP contribution >= 0.6 is 0 Å². The van der Waals surface area contributed by atoms with Crippen molar-refractivity contribution in [1.82, 2.24) is 0 Å². The van der Waals surface area contributed by atoms with Crippen LogP contribution in [0.2, 0.25) is 0 Å². The van der Waals surface area contributed by atoms with E-state index >= 15 is 0 Å². The van der Waals surface area contributed by atoms with Crippen molar-refractivity contribution in [2.24, 2.45) is 4.99 Å². The lowest BCUT2D eigenvalue weighted by molar-refractivity contribution is 0.114. The van der Waals surface area contributed by atoms with Crippen molar-refractivity contribution < 1.29 is 9.31 Å². The first-order valence-electron chi connectivity index (χ1n) is 9.68. The first kappa shape index (κ1) is 18.7. The summed E-state index contributed by atoms with van der Waals surface area (Å²) in [7, 11) is -0.403. The van der Waals surface area contributed by atoms with Gasteiger partial charge >= 0.3 is 7.12 Å². The van der Waals surface area contributed by atoms with Crippen LogP contribution in [0.25, 0.3) is 0 Å². The van der Waals surface area contributed by atoms with Crippen molar-refractivity contribution in [1.29, 1.82) is 0 Å². The highest BCUT2D eigenvalue weighted by Gasteiger charge is 2.43. The Kier molecular flexibility index (Phi) is 5.42. The lowest BCUT2D eigenvalue weighted by atomic mass is 9.76. The summed E-state index contributed by atoms with van der Waals surface area (Å²) in [6.07, 6.45) is 1.93. The molecule has 0 bridgehead atoms. The van der Waals surface area contributed by atoms with Crippen molar-refractivity contribution in [3.8, 4) is 0 Å². The number of hydrogen-bond donors (Lipinski definition) is 0. The summed E-state index contributed by atoms with van der Waals surface area (Å²) in [5, 5.41) is 0. The molecule has 1 fully saturated rings. The van der Waals surface area contributed by atoms with Crippen molar-refractivity contribution >= 4 is 18.8 Å². The highest BCUT2D eigenvalue weighted by molar-refractivity contribution is 6.63. The number of rotatable bonds is 5. The zero-order valence-corrected chi connectivity index (χ0v) is 16.3. The fraction of sp³-hybridized carbons (Fsp3) is 0.208. The van der Waals surface area contributed by atoms with E-state index in [-0.39, 0.29) is 6.04 Å². The van der Waals surface area contributed by atoms with Gasteiger partial charge in [0.15, 0.2) is 0 Å². The van der Waals surface area contributed by atoms with Crippen LogP contribution in [0.15, 0.2) is 89.9 Å². The summed E-state index contributed by atoms with van der Waals surface area (Å²) >= 11 is 0. The molecule has 0 radical (unpaired) electrons. The lowest BCUT2D eigenvalue weighted by Crippen LogP contribution is -2.37. The van der Waals surface area contributed by atoms with Gasteiger partial charge in [0.1, 0.15) is 0 Å². The van der Waals surface area contributed by atoms with Gasteiger partial charge in [-0.3, -0.25) is 4.99 Å². The number of aliphatic imine (C=N–C) groups is 1. The van der Waals surface area contributed by atoms with Crippen LogP contribution in [0.4, 0.5) is 0 Å². The Morgan fingerprint density at radius 1 is 0.929 bits per heavy atom. The molecule has 0 N–H and O–H groups in total. The van der Waals surface area contributed by atoms with Crippen LogP contribution in [0, 0.1) is 0 Å². The second kappa shape index (κ2) is 8.13. The Balaban J connectivity index is 1.55. The molecule has 3 aromatic rings. The first-order chi connectivity index (χ1) is 13.7. The maximum Gasteiger partial charge on any atom is 0.495 e. The minimum atomic E-state index is -0.451. The van der Waals surface area contributed by atoms with Crippen molar-refractivity contribution in [2.75, 3.05) is 6.61 Å². The van der Waals surface area contributed by atoms with Crippen LogP contribution < -0.4 is 5.46 Å². The molecule has 1 heterocycles. The maximum atomic E-state index is 6.37. The van der Waals surface area contributed by atoms with Crippen molar-refractivity contribution in [3.05, 3.63) is 102 Å². The van der Waals surface area contributed by atoms with E-state index in [9.17, 15) is 0 Å². The topological polar surface area (TPSA) is 30.8 Å². The average molecular weight is 369 g/mol. The molecular weight excluding hydrogens is 345 g/mol. The summed E-state index contributed by atoms with van der Waals surface area (Å²) < 4.78 is 12.4. The standard InChI is InChI=1S/C24H24BNO2/c1-19(20-11-5-3-6-12-20)26-17-21-13-9-10-16-23(21)25-27-18-24(2,28-25)22-14-7-4-8-15-22/h3-17,19H,18H2,1-2H3/t19-,24+/m0/s1. The molecular formula is C24H24BNO2. The zero-order chi connectivity index (χ0) is 19.4. The van der Waals surface area contributed by atoms with Gasteiger partial charge in [-0.1, -0.05) is 84.9 Å². The highest BCUT2D eigenvalue weighted by atomic mass is 16.7. The molecule has 0 unspecified atom stereocenters. The maximum absolute atomic E-state index is 6.37. The quantitative estimate of drug-likeness (QED) is 0.489. The van der Waals surface area contributed by atoms with E-state index in [0.29, 0.717) is 6.61 Å². The van der Waals surface area contributed by atoms with Crippen LogP contribution in [0.5, 0.6) is 0 Å². The molecule has 0 spiro atoms. The second-order valence-corrected chi connectivity index (χ2v) is 7.35. The second-order valence-electron chi connectivity index (χ2n) is 7.35. The first-order valence-corrected chi connectivity index (χ1v) is 9.68. The van der Waals surface area contributed by atoms with Gasteiger partial charge in [0.25, 0.3) is 0 Å². The Bertz CT molecular complexity index is 945. The summed E-state index contributed by atoms with van der Waals surface area (Å²) in [6, 6.07) is 28.8. The van der Waals surface area contributed by atoms with E-state index in [4.69, 9.17) is 14.3 Å². The zero-order valence-electron chi connectivity index (χ0n) is 16.3. The van der Waals surface area contributed by atoms with E-state index in [1.807, 2.05) is 54.7 Å². The predicted octanol–water partition coefficient (Wildman–Crippen LogP) is 4.52. The molecule has 0 aromatic heterocycles. The largest absolute Gasteiger partial charge is 0.495 e. The molecule has 4 rings (SSSR count). The molecule has 0 saturated carbocycles. The third-order valence-electron chi connectivity index (χ3n) is 5.23. The van der Waals surface area contributed by atoms with Gasteiger partial charge in [-0.05, 0) is 36.0 Å². The predicted molar refractivity (Wildman–Crippen MR) is 115 cm³/mol. The summed E-state index contributed by atoms with van der Waals surface area (Å²) in [5.41, 5.74) is 3.90. The fourth-order valence-electron chi connectivity index (χ4n) is 3.49. The summed E-state index contributed by atoms with van der Waals surface area (Å²) in [4.78, 5) is 4.76. The minimum Gasteiger partial charge on any atom is -0.404 e. The van der Waals surface area contributed by atoms with Gasteiger partial charge in [-0.25, -0.2) is 0 Å². The smallest absolute Gasteiger partial charge is 0.404 e. The summed E-state index contributed by atoms with van der Waals surface area (Å²) in [6.45, 7) is 4.70. The monoisotopic (exact) mass is 369 g/mol. The number of benzene rings is 3. The van der Waals surface area contributed by atoms with Gasteiger partial charge in [0.2, 0.25) is 0 Å². The van der Waals surface area contributed by atoms with Crippen LogP contribution in [0.1, 0.15) is 36.6 Å². The van der Waals surface area contributed by atoms with Crippen molar-refractivity contribution in [2.45, 2.75) is 25.5 Å². The SMILES string of the molecule is C[C@H](N=Cc1ccccc1B1OC[C@](C)(c2ccccc2)O1)c1ccccc1. The molecule has 2 atom stereocenters. The van der Waals surface area contributed by atoms with E-state index in [2.05, 4.69) is 50.2 Å². The average Bonchev–Trinajstić information content (AvgIpc) is 3.17. The van der Waals surface area contributed by atoms with E-state index in [1.54, 1.807) is 0 Å². The molecule has 0 aliphatic carbocycles. The van der Waals surface area contributed by atoms with E-state index in [0.717, 1.165) is 16.6 Å². The molecule has 3 nitrogen and oxygen atoms in total. The van der Waals surface area contributed by atoms with Crippen LogP contribution in [-0.2, 0) is 14.9 Å². The third-order valence-corrected chi connectivity index (χ3v) is 5.23. The Labute approximate surface area is 167 Å². The van der Waals surface area contributed by atoms with Gasteiger partial charge < -0.3 is 9.31 Å². The van der Waals surface area contributed by atoms with Gasteiger partial charge in [0.05, 0.1) is 18.2 Å². The van der Waals surface area contributed by atoms with Gasteiger partial charge in [-0.15, -0.1) is 0 Å². The molecule has 3 aromatic carbocycles. The van der Waals surface area contributed by atoms with Crippen LogP contribution in [0.3, 0.4) is 0 Å². The molecule has 1 aliphatic heterocycles. The van der Waals surface area contributed by atoms with E-state index in [1.165, 1.54) is 5.56 Å². The lowest BCUT2D eigenvalue weighted by Gasteiger charge is -2.23. The molecule has 28 heavy (non-hydrogen) atoms. The highest BCUT2D eigenvalue weighted by Crippen LogP contribution is 2.31. The van der Waals surface area contributed by atoms with Gasteiger partial charge in [-0.2, -0.15) is 0 Å². The molecule has 140 valence electrons. The minimum absolute atomic E-state index is 0.0919. The molecule has 4 heteroatoms. The Morgan fingerprint density at radius 2 is 1.57 bits per heavy atom. The molecule has 1 saturated heterocycles. The van der Waals surface area contributed by atoms with E-state index < -0.39 is 12.7 Å². The molecule has 0 amide bonds. The summed E-state index contributed by atoms with van der Waals surface area (Å²) in [5.74, 6) is 0. The number of hydrogen-bond acceptors (Lipinski definition) is 3. The Hall–Kier alpha value is -2.69. The molecule has 1 aliphatic rings. The number of nitrogens with zero attached hydrogens (tertiary/aromatic N) is 1. The van der Waals surface area contributed by atoms with Crippen LogP contribution in [-0.4, -0.2) is 19.9 Å². The third kappa shape index (κ3) is 3.94. The Morgan fingerprint density at radius 3 is 2.32 bits per heavy atom. The fourth-order valence-corrected chi connectivity index (χ4v) is 3.49.